The fraction of sp³-hybridized carbons (Fsp3) is 0.300. The molecule has 3 aromatic rings. The molecular formula is C20H22N4O3. The minimum atomic E-state index is -0.950. The molecule has 0 aliphatic heterocycles. The molecule has 0 saturated heterocycles. The van der Waals surface area contributed by atoms with Gasteiger partial charge in [-0.3, -0.25) is 4.79 Å². The summed E-state index contributed by atoms with van der Waals surface area (Å²) in [4.78, 5) is 28.1. The molecule has 3 rings (SSSR count). The van der Waals surface area contributed by atoms with E-state index in [4.69, 9.17) is 5.11 Å². The first kappa shape index (κ1) is 18.6. The second kappa shape index (κ2) is 7.57. The van der Waals surface area contributed by atoms with Gasteiger partial charge in [0.2, 0.25) is 0 Å². The van der Waals surface area contributed by atoms with Crippen molar-refractivity contribution >= 4 is 22.9 Å². The number of rotatable bonds is 6. The maximum absolute atomic E-state index is 12.7. The molecule has 0 aliphatic rings. The molecule has 27 heavy (non-hydrogen) atoms. The first-order valence-electron chi connectivity index (χ1n) is 8.82. The molecule has 0 atom stereocenters. The number of carbonyl (C=O) groups is 2. The molecule has 0 spiro atoms. The van der Waals surface area contributed by atoms with E-state index in [-0.39, 0.29) is 17.5 Å². The lowest BCUT2D eigenvalue weighted by molar-refractivity contribution is 0.0696. The number of carbonyl (C=O) groups excluding carboxylic acids is 1. The van der Waals surface area contributed by atoms with Crippen molar-refractivity contribution in [3.05, 3.63) is 58.9 Å². The third-order valence-electron chi connectivity index (χ3n) is 4.33. The number of nitrogens with zero attached hydrogens (tertiary/aromatic N) is 3. The quantitative estimate of drug-likeness (QED) is 0.699. The number of hydrogen-bond donors (Lipinski definition) is 2. The highest BCUT2D eigenvalue weighted by Crippen LogP contribution is 2.21. The van der Waals surface area contributed by atoms with Crippen LogP contribution >= 0.6 is 0 Å². The van der Waals surface area contributed by atoms with E-state index in [1.165, 1.54) is 0 Å². The van der Waals surface area contributed by atoms with Gasteiger partial charge in [-0.15, -0.1) is 0 Å². The van der Waals surface area contributed by atoms with Gasteiger partial charge in [-0.1, -0.05) is 12.1 Å². The zero-order valence-electron chi connectivity index (χ0n) is 15.6. The lowest BCUT2D eigenvalue weighted by atomic mass is 10.1. The number of pyridine rings is 1. The Balaban J connectivity index is 1.72. The van der Waals surface area contributed by atoms with Crippen LogP contribution in [-0.2, 0) is 6.42 Å². The maximum atomic E-state index is 12.7. The van der Waals surface area contributed by atoms with Crippen molar-refractivity contribution in [3.8, 4) is 0 Å². The van der Waals surface area contributed by atoms with Crippen molar-refractivity contribution in [1.82, 2.24) is 20.1 Å². The molecule has 0 radical (unpaired) electrons. The van der Waals surface area contributed by atoms with Gasteiger partial charge in [0.25, 0.3) is 5.91 Å². The zero-order chi connectivity index (χ0) is 19.6. The van der Waals surface area contributed by atoms with Gasteiger partial charge < -0.3 is 10.4 Å². The lowest BCUT2D eigenvalue weighted by Gasteiger charge is -2.10. The molecule has 0 aliphatic carbocycles. The van der Waals surface area contributed by atoms with Crippen LogP contribution in [0.5, 0.6) is 0 Å². The molecular weight excluding hydrogens is 344 g/mol. The summed E-state index contributed by atoms with van der Waals surface area (Å²) in [6, 6.07) is 8.58. The predicted molar refractivity (Wildman–Crippen MR) is 102 cm³/mol. The average molecular weight is 366 g/mol. The second-order valence-electron chi connectivity index (χ2n) is 6.74. The lowest BCUT2D eigenvalue weighted by Crippen LogP contribution is -2.26. The van der Waals surface area contributed by atoms with Crippen LogP contribution in [0.1, 0.15) is 51.9 Å². The number of aromatic carboxylic acids is 1. The van der Waals surface area contributed by atoms with Gasteiger partial charge in [-0.05, 0) is 51.0 Å². The van der Waals surface area contributed by atoms with Crippen molar-refractivity contribution in [3.63, 3.8) is 0 Å². The molecule has 1 aromatic carbocycles. The van der Waals surface area contributed by atoms with E-state index in [0.717, 1.165) is 16.6 Å². The molecule has 2 heterocycles. The number of amides is 1. The molecule has 140 valence electrons. The molecule has 0 bridgehead atoms. The van der Waals surface area contributed by atoms with Gasteiger partial charge in [0.15, 0.2) is 5.65 Å². The van der Waals surface area contributed by atoms with Crippen LogP contribution in [0.4, 0.5) is 0 Å². The summed E-state index contributed by atoms with van der Waals surface area (Å²) in [5.41, 5.74) is 3.24. The molecule has 0 unspecified atom stereocenters. The van der Waals surface area contributed by atoms with E-state index in [9.17, 15) is 9.59 Å². The van der Waals surface area contributed by atoms with Crippen LogP contribution in [0, 0.1) is 6.92 Å². The first-order valence-corrected chi connectivity index (χ1v) is 8.82. The number of nitrogens with one attached hydrogen (secondary N) is 1. The summed E-state index contributed by atoms with van der Waals surface area (Å²) in [5.74, 6) is -1.12. The van der Waals surface area contributed by atoms with Crippen LogP contribution in [0.15, 0.2) is 36.5 Å². The standard InChI is InChI=1S/C20H22N4O3/c1-12(2)24-18-17(11-22-24)16(10-13(3)23-18)19(25)21-9-8-14-4-6-15(7-5-14)20(26)27/h4-7,10-12H,8-9H2,1-3H3,(H,21,25)(H,26,27). The van der Waals surface area contributed by atoms with E-state index < -0.39 is 5.97 Å². The number of hydrogen-bond acceptors (Lipinski definition) is 4. The number of carboxylic acids is 1. The van der Waals surface area contributed by atoms with Crippen molar-refractivity contribution < 1.29 is 14.7 Å². The van der Waals surface area contributed by atoms with Crippen LogP contribution in [0.3, 0.4) is 0 Å². The molecule has 7 heteroatoms. The van der Waals surface area contributed by atoms with Gasteiger partial charge in [-0.25, -0.2) is 14.5 Å². The van der Waals surface area contributed by atoms with Gasteiger partial charge in [0.05, 0.1) is 22.7 Å². The smallest absolute Gasteiger partial charge is 0.335 e. The highest BCUT2D eigenvalue weighted by Gasteiger charge is 2.16. The summed E-state index contributed by atoms with van der Waals surface area (Å²) < 4.78 is 1.81. The second-order valence-corrected chi connectivity index (χ2v) is 6.74. The fourth-order valence-corrected chi connectivity index (χ4v) is 2.94. The summed E-state index contributed by atoms with van der Waals surface area (Å²) in [5, 5.41) is 16.9. The van der Waals surface area contributed by atoms with Crippen molar-refractivity contribution in [2.45, 2.75) is 33.2 Å². The van der Waals surface area contributed by atoms with Gasteiger partial charge in [0, 0.05) is 18.3 Å². The van der Waals surface area contributed by atoms with Crippen molar-refractivity contribution in [2.24, 2.45) is 0 Å². The van der Waals surface area contributed by atoms with Crippen molar-refractivity contribution in [1.29, 1.82) is 0 Å². The van der Waals surface area contributed by atoms with E-state index in [1.54, 1.807) is 36.5 Å². The maximum Gasteiger partial charge on any atom is 0.335 e. The van der Waals surface area contributed by atoms with E-state index in [2.05, 4.69) is 15.4 Å². The van der Waals surface area contributed by atoms with Crippen LogP contribution in [-0.4, -0.2) is 38.3 Å². The molecule has 0 saturated carbocycles. The zero-order valence-corrected chi connectivity index (χ0v) is 15.6. The minimum absolute atomic E-state index is 0.154. The molecule has 0 fully saturated rings. The number of benzene rings is 1. The monoisotopic (exact) mass is 366 g/mol. The predicted octanol–water partition coefficient (Wildman–Crippen LogP) is 2.99. The normalized spacial score (nSPS) is 11.1. The third-order valence-corrected chi connectivity index (χ3v) is 4.33. The van der Waals surface area contributed by atoms with E-state index in [0.29, 0.717) is 24.2 Å². The largest absolute Gasteiger partial charge is 0.478 e. The van der Waals surface area contributed by atoms with Crippen molar-refractivity contribution in [2.75, 3.05) is 6.54 Å². The summed E-state index contributed by atoms with van der Waals surface area (Å²) >= 11 is 0. The Morgan fingerprint density at radius 3 is 2.56 bits per heavy atom. The number of aryl methyl sites for hydroxylation is 1. The summed E-state index contributed by atoms with van der Waals surface area (Å²) in [6.45, 7) is 6.35. The topological polar surface area (TPSA) is 97.1 Å². The molecule has 2 N–H and O–H groups in total. The Hall–Kier alpha value is -3.22. The summed E-state index contributed by atoms with van der Waals surface area (Å²) in [7, 11) is 0. The number of fused-ring (bicyclic) bond motifs is 1. The Kier molecular flexibility index (Phi) is 5.21. The Bertz CT molecular complexity index is 990. The average Bonchev–Trinajstić information content (AvgIpc) is 3.05. The molecule has 2 aromatic heterocycles. The fourth-order valence-electron chi connectivity index (χ4n) is 2.94. The SMILES string of the molecule is Cc1cc(C(=O)NCCc2ccc(C(=O)O)cc2)c2cnn(C(C)C)c2n1. The highest BCUT2D eigenvalue weighted by molar-refractivity contribution is 6.05. The van der Waals surface area contributed by atoms with E-state index in [1.807, 2.05) is 25.5 Å². The Labute approximate surface area is 157 Å². The molecule has 7 nitrogen and oxygen atoms in total. The van der Waals surface area contributed by atoms with Gasteiger partial charge in [0.1, 0.15) is 0 Å². The highest BCUT2D eigenvalue weighted by atomic mass is 16.4. The van der Waals surface area contributed by atoms with E-state index >= 15 is 0 Å². The third kappa shape index (κ3) is 3.97. The summed E-state index contributed by atoms with van der Waals surface area (Å²) in [6.07, 6.45) is 2.30. The molecule has 1 amide bonds. The number of aromatic nitrogens is 3. The number of carboxylic acid groups (broad SMARTS) is 1. The van der Waals surface area contributed by atoms with Crippen LogP contribution < -0.4 is 5.32 Å². The van der Waals surface area contributed by atoms with Crippen LogP contribution in [0.2, 0.25) is 0 Å². The van der Waals surface area contributed by atoms with Gasteiger partial charge in [-0.2, -0.15) is 5.10 Å². The first-order chi connectivity index (χ1) is 12.9. The Morgan fingerprint density at radius 1 is 1.22 bits per heavy atom. The minimum Gasteiger partial charge on any atom is -0.478 e. The van der Waals surface area contributed by atoms with Gasteiger partial charge >= 0.3 is 5.97 Å². The van der Waals surface area contributed by atoms with Crippen LogP contribution in [0.25, 0.3) is 11.0 Å². The Morgan fingerprint density at radius 2 is 1.93 bits per heavy atom.